The summed E-state index contributed by atoms with van der Waals surface area (Å²) in [7, 11) is 0. The first kappa shape index (κ1) is 13.5. The van der Waals surface area contributed by atoms with Crippen molar-refractivity contribution in [1.82, 2.24) is 4.98 Å². The minimum atomic E-state index is -1.14. The Balaban J connectivity index is 2.05. The fourth-order valence-electron chi connectivity index (χ4n) is 1.60. The van der Waals surface area contributed by atoms with Gasteiger partial charge >= 0.3 is 5.97 Å². The summed E-state index contributed by atoms with van der Waals surface area (Å²) in [6.07, 6.45) is 1.17. The molecule has 0 saturated carbocycles. The molecule has 0 spiro atoms. The Morgan fingerprint density at radius 3 is 2.85 bits per heavy atom. The summed E-state index contributed by atoms with van der Waals surface area (Å²) >= 11 is 0. The minimum absolute atomic E-state index is 0.0540. The number of aromatic carboxylic acids is 1. The molecule has 2 rings (SSSR count). The molecule has 2 aromatic rings. The van der Waals surface area contributed by atoms with Gasteiger partial charge in [-0.3, -0.25) is 10.1 Å². The average molecular weight is 277 g/mol. The molecule has 0 aliphatic heterocycles. The highest BCUT2D eigenvalue weighted by atomic mass is 16.6. The molecular formula is C12H11N3O5. The van der Waals surface area contributed by atoms with Crippen LogP contribution in [0.15, 0.2) is 28.8 Å². The molecule has 0 aliphatic carbocycles. The summed E-state index contributed by atoms with van der Waals surface area (Å²) in [5.41, 5.74) is 0.430. The van der Waals surface area contributed by atoms with Crippen molar-refractivity contribution in [1.29, 1.82) is 0 Å². The Labute approximate surface area is 113 Å². The van der Waals surface area contributed by atoms with Gasteiger partial charge in [-0.1, -0.05) is 0 Å². The minimum Gasteiger partial charge on any atom is -0.475 e. The lowest BCUT2D eigenvalue weighted by atomic mass is 10.2. The highest BCUT2D eigenvalue weighted by Gasteiger charge is 2.12. The van der Waals surface area contributed by atoms with E-state index in [2.05, 4.69) is 10.3 Å². The van der Waals surface area contributed by atoms with E-state index < -0.39 is 10.9 Å². The molecule has 0 bridgehead atoms. The van der Waals surface area contributed by atoms with Crippen molar-refractivity contribution in [2.24, 2.45) is 0 Å². The number of carboxylic acids is 1. The van der Waals surface area contributed by atoms with Crippen LogP contribution in [0.5, 0.6) is 0 Å². The van der Waals surface area contributed by atoms with E-state index in [1.54, 1.807) is 13.0 Å². The van der Waals surface area contributed by atoms with Gasteiger partial charge in [0, 0.05) is 5.56 Å². The first-order valence-corrected chi connectivity index (χ1v) is 5.64. The van der Waals surface area contributed by atoms with Gasteiger partial charge in [0.25, 0.3) is 5.69 Å². The van der Waals surface area contributed by atoms with Gasteiger partial charge in [-0.25, -0.2) is 9.78 Å². The van der Waals surface area contributed by atoms with Crippen LogP contribution in [-0.2, 0) is 6.54 Å². The largest absolute Gasteiger partial charge is 0.475 e. The SMILES string of the molecule is Cc1cc(NCc2ccc(C(=O)O)o2)ncc1[N+](=O)[O-]. The summed E-state index contributed by atoms with van der Waals surface area (Å²) < 4.78 is 5.06. The lowest BCUT2D eigenvalue weighted by molar-refractivity contribution is -0.385. The van der Waals surface area contributed by atoms with E-state index in [-0.39, 0.29) is 18.0 Å². The van der Waals surface area contributed by atoms with Gasteiger partial charge < -0.3 is 14.8 Å². The molecule has 8 nitrogen and oxygen atoms in total. The first-order valence-electron chi connectivity index (χ1n) is 5.64. The van der Waals surface area contributed by atoms with Gasteiger partial charge in [-0.05, 0) is 25.1 Å². The molecule has 0 fully saturated rings. The van der Waals surface area contributed by atoms with Crippen LogP contribution in [0.25, 0.3) is 0 Å². The Hall–Kier alpha value is -2.90. The number of furan rings is 1. The number of pyridine rings is 1. The average Bonchev–Trinajstić information content (AvgIpc) is 2.85. The quantitative estimate of drug-likeness (QED) is 0.635. The molecular weight excluding hydrogens is 266 g/mol. The number of nitro groups is 1. The second-order valence-corrected chi connectivity index (χ2v) is 4.04. The van der Waals surface area contributed by atoms with E-state index in [1.165, 1.54) is 18.3 Å². The maximum absolute atomic E-state index is 10.7. The molecule has 8 heteroatoms. The molecule has 2 aromatic heterocycles. The summed E-state index contributed by atoms with van der Waals surface area (Å²) in [6.45, 7) is 1.85. The van der Waals surface area contributed by atoms with Crippen LogP contribution in [0, 0.1) is 17.0 Å². The lowest BCUT2D eigenvalue weighted by Crippen LogP contribution is -2.02. The molecule has 20 heavy (non-hydrogen) atoms. The summed E-state index contributed by atoms with van der Waals surface area (Å²) in [6, 6.07) is 4.43. The first-order chi connectivity index (χ1) is 9.47. The molecule has 104 valence electrons. The standard InChI is InChI=1S/C12H11N3O5/c1-7-4-11(14-6-9(7)15(18)19)13-5-8-2-3-10(20-8)12(16)17/h2-4,6H,5H2,1H3,(H,13,14)(H,16,17). The molecule has 0 saturated heterocycles. The van der Waals surface area contributed by atoms with Gasteiger partial charge in [0.2, 0.25) is 5.76 Å². The van der Waals surface area contributed by atoms with Crippen LogP contribution < -0.4 is 5.32 Å². The third-order valence-electron chi connectivity index (χ3n) is 2.60. The number of aryl methyl sites for hydroxylation is 1. The smallest absolute Gasteiger partial charge is 0.371 e. The van der Waals surface area contributed by atoms with Crippen molar-refractivity contribution < 1.29 is 19.2 Å². The van der Waals surface area contributed by atoms with Crippen LogP contribution in [0.2, 0.25) is 0 Å². The van der Waals surface area contributed by atoms with Crippen LogP contribution in [-0.4, -0.2) is 21.0 Å². The highest BCUT2D eigenvalue weighted by Crippen LogP contribution is 2.19. The number of carbonyl (C=O) groups is 1. The van der Waals surface area contributed by atoms with Crippen molar-refractivity contribution in [3.05, 3.63) is 51.6 Å². The van der Waals surface area contributed by atoms with Gasteiger partial charge in [-0.2, -0.15) is 0 Å². The summed E-state index contributed by atoms with van der Waals surface area (Å²) in [4.78, 5) is 24.7. The van der Waals surface area contributed by atoms with Crippen LogP contribution >= 0.6 is 0 Å². The van der Waals surface area contributed by atoms with Crippen LogP contribution in [0.3, 0.4) is 0 Å². The Bertz CT molecular complexity index is 665. The van der Waals surface area contributed by atoms with Crippen molar-refractivity contribution in [3.63, 3.8) is 0 Å². The molecule has 2 heterocycles. The Morgan fingerprint density at radius 2 is 2.30 bits per heavy atom. The highest BCUT2D eigenvalue weighted by molar-refractivity contribution is 5.84. The molecule has 0 aromatic carbocycles. The number of rotatable bonds is 5. The molecule has 0 aliphatic rings. The van der Waals surface area contributed by atoms with E-state index in [1.807, 2.05) is 0 Å². The Kier molecular flexibility index (Phi) is 3.65. The molecule has 2 N–H and O–H groups in total. The van der Waals surface area contributed by atoms with Crippen molar-refractivity contribution in [3.8, 4) is 0 Å². The summed E-state index contributed by atoms with van der Waals surface area (Å²) in [5.74, 6) is -0.406. The maximum Gasteiger partial charge on any atom is 0.371 e. The van der Waals surface area contributed by atoms with Crippen LogP contribution in [0.1, 0.15) is 21.9 Å². The van der Waals surface area contributed by atoms with Gasteiger partial charge in [-0.15, -0.1) is 0 Å². The Morgan fingerprint density at radius 1 is 1.55 bits per heavy atom. The zero-order chi connectivity index (χ0) is 14.7. The van der Waals surface area contributed by atoms with Gasteiger partial charge in [0.05, 0.1) is 11.5 Å². The molecule has 0 amide bonds. The second-order valence-electron chi connectivity index (χ2n) is 4.04. The molecule has 0 radical (unpaired) electrons. The van der Waals surface area contributed by atoms with E-state index >= 15 is 0 Å². The van der Waals surface area contributed by atoms with Gasteiger partial charge in [0.15, 0.2) is 0 Å². The predicted octanol–water partition coefficient (Wildman–Crippen LogP) is 2.20. The lowest BCUT2D eigenvalue weighted by Gasteiger charge is -2.04. The monoisotopic (exact) mass is 277 g/mol. The molecule has 0 unspecified atom stereocenters. The zero-order valence-electron chi connectivity index (χ0n) is 10.5. The second kappa shape index (κ2) is 5.39. The zero-order valence-corrected chi connectivity index (χ0v) is 10.5. The third-order valence-corrected chi connectivity index (χ3v) is 2.60. The fraction of sp³-hybridized carbons (Fsp3) is 0.167. The predicted molar refractivity (Wildman–Crippen MR) is 68.6 cm³/mol. The van der Waals surface area contributed by atoms with E-state index in [0.717, 1.165) is 0 Å². The van der Waals surface area contributed by atoms with E-state index in [9.17, 15) is 14.9 Å². The summed E-state index contributed by atoms with van der Waals surface area (Å²) in [5, 5.41) is 22.3. The third kappa shape index (κ3) is 2.91. The van der Waals surface area contributed by atoms with Crippen molar-refractivity contribution in [2.45, 2.75) is 13.5 Å². The van der Waals surface area contributed by atoms with Crippen LogP contribution in [0.4, 0.5) is 11.5 Å². The van der Waals surface area contributed by atoms with Gasteiger partial charge in [0.1, 0.15) is 17.8 Å². The fourth-order valence-corrected chi connectivity index (χ4v) is 1.60. The topological polar surface area (TPSA) is 118 Å². The number of hydrogen-bond donors (Lipinski definition) is 2. The number of hydrogen-bond acceptors (Lipinski definition) is 6. The number of nitrogens with one attached hydrogen (secondary N) is 1. The number of carboxylic acid groups (broad SMARTS) is 1. The van der Waals surface area contributed by atoms with E-state index in [0.29, 0.717) is 17.1 Å². The van der Waals surface area contributed by atoms with Crippen molar-refractivity contribution >= 4 is 17.5 Å². The number of nitrogens with zero attached hydrogens (tertiary/aromatic N) is 2. The maximum atomic E-state index is 10.7. The number of aromatic nitrogens is 1. The van der Waals surface area contributed by atoms with Crippen molar-refractivity contribution in [2.75, 3.05) is 5.32 Å². The normalized spacial score (nSPS) is 10.2. The van der Waals surface area contributed by atoms with E-state index in [4.69, 9.17) is 9.52 Å². The molecule has 0 atom stereocenters. The number of anilines is 1.